The number of hydrogen-bond acceptors (Lipinski definition) is 6. The molecule has 0 bridgehead atoms. The number of benzene rings is 1. The van der Waals surface area contributed by atoms with E-state index in [1.165, 1.54) is 0 Å². The summed E-state index contributed by atoms with van der Waals surface area (Å²) >= 11 is 0. The van der Waals surface area contributed by atoms with Crippen molar-refractivity contribution in [1.29, 1.82) is 5.26 Å². The van der Waals surface area contributed by atoms with Crippen molar-refractivity contribution < 1.29 is 14.3 Å². The van der Waals surface area contributed by atoms with E-state index in [0.29, 0.717) is 23.8 Å². The molecule has 1 aromatic carbocycles. The molecule has 1 amide bonds. The highest BCUT2D eigenvalue weighted by Gasteiger charge is 2.45. The number of primary amides is 1. The zero-order valence-corrected chi connectivity index (χ0v) is 17.4. The smallest absolute Gasteiger partial charge is 0.223 e. The van der Waals surface area contributed by atoms with Gasteiger partial charge in [0.15, 0.2) is 0 Å². The van der Waals surface area contributed by atoms with Gasteiger partial charge in [-0.05, 0) is 38.5 Å². The van der Waals surface area contributed by atoms with Gasteiger partial charge in [-0.3, -0.25) is 4.79 Å². The molecule has 29 heavy (non-hydrogen) atoms. The van der Waals surface area contributed by atoms with Gasteiger partial charge in [0.25, 0.3) is 0 Å². The third-order valence-corrected chi connectivity index (χ3v) is 5.70. The van der Waals surface area contributed by atoms with Crippen molar-refractivity contribution in [1.82, 2.24) is 4.98 Å². The first-order valence-electron chi connectivity index (χ1n) is 9.58. The molecular formula is C22H26N4O3. The zero-order valence-electron chi connectivity index (χ0n) is 17.4. The molecule has 0 saturated heterocycles. The van der Waals surface area contributed by atoms with Crippen LogP contribution in [0.15, 0.2) is 24.4 Å². The fraction of sp³-hybridized carbons (Fsp3) is 0.409. The van der Waals surface area contributed by atoms with Gasteiger partial charge in [-0.1, -0.05) is 6.07 Å². The van der Waals surface area contributed by atoms with E-state index in [9.17, 15) is 10.1 Å². The molecule has 0 fully saturated rings. The Morgan fingerprint density at radius 1 is 1.41 bits per heavy atom. The Kier molecular flexibility index (Phi) is 5.64. The number of nitriles is 1. The van der Waals surface area contributed by atoms with Crippen molar-refractivity contribution in [3.05, 3.63) is 46.6 Å². The molecule has 3 atom stereocenters. The molecule has 0 spiro atoms. The Morgan fingerprint density at radius 3 is 2.72 bits per heavy atom. The highest BCUT2D eigenvalue weighted by Crippen LogP contribution is 2.51. The predicted octanol–water partition coefficient (Wildman–Crippen LogP) is 2.74. The van der Waals surface area contributed by atoms with E-state index in [0.717, 1.165) is 22.4 Å². The zero-order chi connectivity index (χ0) is 21.3. The fourth-order valence-electron chi connectivity index (χ4n) is 4.29. The summed E-state index contributed by atoms with van der Waals surface area (Å²) < 4.78 is 11.5. The van der Waals surface area contributed by atoms with Crippen molar-refractivity contribution in [3.8, 4) is 17.7 Å². The lowest BCUT2D eigenvalue weighted by Gasteiger charge is -2.44. The SMILES string of the molecule is CCOc1ncc(C)c2c1C(c1ccc(C#N)cc1OC)C(C(N)=O)C(C)N2C. The van der Waals surface area contributed by atoms with Gasteiger partial charge in [0.2, 0.25) is 11.8 Å². The van der Waals surface area contributed by atoms with Crippen LogP contribution in [-0.4, -0.2) is 37.7 Å². The molecule has 7 heteroatoms. The molecule has 0 radical (unpaired) electrons. The minimum absolute atomic E-state index is 0.152. The van der Waals surface area contributed by atoms with Crippen molar-refractivity contribution in [2.45, 2.75) is 32.7 Å². The second-order valence-electron chi connectivity index (χ2n) is 7.27. The van der Waals surface area contributed by atoms with Crippen molar-refractivity contribution in [3.63, 3.8) is 0 Å². The minimum atomic E-state index is -0.530. The normalized spacial score (nSPS) is 20.6. The van der Waals surface area contributed by atoms with E-state index in [1.54, 1.807) is 25.4 Å². The van der Waals surface area contributed by atoms with Crippen LogP contribution in [0.2, 0.25) is 0 Å². The first kappa shape index (κ1) is 20.5. The topological polar surface area (TPSA) is 101 Å². The number of methoxy groups -OCH3 is 1. The molecule has 7 nitrogen and oxygen atoms in total. The summed E-state index contributed by atoms with van der Waals surface area (Å²) in [5.41, 5.74) is 9.94. The fourth-order valence-corrected chi connectivity index (χ4v) is 4.29. The first-order valence-corrected chi connectivity index (χ1v) is 9.58. The van der Waals surface area contributed by atoms with E-state index in [4.69, 9.17) is 15.2 Å². The molecule has 0 aliphatic carbocycles. The number of ether oxygens (including phenoxy) is 2. The van der Waals surface area contributed by atoms with Crippen LogP contribution < -0.4 is 20.1 Å². The maximum absolute atomic E-state index is 12.6. The van der Waals surface area contributed by atoms with E-state index < -0.39 is 17.7 Å². The van der Waals surface area contributed by atoms with Crippen LogP contribution in [0.1, 0.15) is 42.0 Å². The maximum atomic E-state index is 12.6. The average Bonchev–Trinajstić information content (AvgIpc) is 2.71. The standard InChI is InChI=1S/C22H26N4O3/c1-6-29-22-19-18(15-8-7-14(10-23)9-16(15)28-5)17(21(24)27)13(3)26(4)20(19)12(2)11-25-22/h7-9,11,13,17-18H,6H2,1-5H3,(H2,24,27). The number of rotatable bonds is 5. The highest BCUT2D eigenvalue weighted by molar-refractivity contribution is 5.84. The average molecular weight is 394 g/mol. The van der Waals surface area contributed by atoms with Gasteiger partial charge < -0.3 is 20.1 Å². The number of hydrogen-bond donors (Lipinski definition) is 1. The van der Waals surface area contributed by atoms with Crippen LogP contribution in [0.5, 0.6) is 11.6 Å². The number of pyridine rings is 1. The number of amides is 1. The largest absolute Gasteiger partial charge is 0.496 e. The van der Waals surface area contributed by atoms with Crippen molar-refractivity contribution in [2.24, 2.45) is 11.7 Å². The lowest BCUT2D eigenvalue weighted by molar-refractivity contribution is -0.122. The molecule has 2 N–H and O–H groups in total. The van der Waals surface area contributed by atoms with Crippen molar-refractivity contribution in [2.75, 3.05) is 25.7 Å². The molecule has 2 heterocycles. The lowest BCUT2D eigenvalue weighted by atomic mass is 9.72. The van der Waals surface area contributed by atoms with Gasteiger partial charge in [-0.25, -0.2) is 4.98 Å². The number of nitrogens with zero attached hydrogens (tertiary/aromatic N) is 3. The summed E-state index contributed by atoms with van der Waals surface area (Å²) in [6.45, 7) is 6.32. The third-order valence-electron chi connectivity index (χ3n) is 5.70. The van der Waals surface area contributed by atoms with Gasteiger partial charge >= 0.3 is 0 Å². The van der Waals surface area contributed by atoms with Gasteiger partial charge in [0.1, 0.15) is 5.75 Å². The van der Waals surface area contributed by atoms with Crippen LogP contribution in [0.4, 0.5) is 5.69 Å². The molecule has 2 aromatic rings. The number of nitrogens with two attached hydrogens (primary N) is 1. The Morgan fingerprint density at radius 2 is 2.14 bits per heavy atom. The van der Waals surface area contributed by atoms with Gasteiger partial charge in [-0.2, -0.15) is 5.26 Å². The number of anilines is 1. The van der Waals surface area contributed by atoms with Crippen LogP contribution in [0.25, 0.3) is 0 Å². The van der Waals surface area contributed by atoms with Gasteiger partial charge in [0.05, 0.1) is 37.0 Å². The predicted molar refractivity (Wildman–Crippen MR) is 110 cm³/mol. The Labute approximate surface area is 171 Å². The molecule has 1 aromatic heterocycles. The van der Waals surface area contributed by atoms with E-state index in [1.807, 2.05) is 33.9 Å². The quantitative estimate of drug-likeness (QED) is 0.837. The van der Waals surface area contributed by atoms with Gasteiger partial charge in [0, 0.05) is 36.3 Å². The lowest BCUT2D eigenvalue weighted by Crippen LogP contribution is -2.49. The van der Waals surface area contributed by atoms with E-state index in [-0.39, 0.29) is 6.04 Å². The summed E-state index contributed by atoms with van der Waals surface area (Å²) in [5, 5.41) is 9.27. The van der Waals surface area contributed by atoms with E-state index in [2.05, 4.69) is 16.0 Å². The second kappa shape index (κ2) is 8.00. The summed E-state index contributed by atoms with van der Waals surface area (Å²) in [6, 6.07) is 7.21. The Hall–Kier alpha value is -3.27. The summed E-state index contributed by atoms with van der Waals surface area (Å²) in [5.74, 6) is -0.334. The number of fused-ring (bicyclic) bond motifs is 1. The number of aryl methyl sites for hydroxylation is 1. The summed E-state index contributed by atoms with van der Waals surface area (Å²) in [4.78, 5) is 19.2. The summed E-state index contributed by atoms with van der Waals surface area (Å²) in [7, 11) is 3.50. The molecular weight excluding hydrogens is 368 g/mol. The van der Waals surface area contributed by atoms with Crippen molar-refractivity contribution >= 4 is 11.6 Å². The molecule has 152 valence electrons. The molecule has 0 saturated carbocycles. The maximum Gasteiger partial charge on any atom is 0.223 e. The van der Waals surface area contributed by atoms with Crippen LogP contribution >= 0.6 is 0 Å². The minimum Gasteiger partial charge on any atom is -0.496 e. The molecule has 3 rings (SSSR count). The Bertz CT molecular complexity index is 983. The first-order chi connectivity index (χ1) is 13.8. The van der Waals surface area contributed by atoms with Crippen LogP contribution in [-0.2, 0) is 4.79 Å². The third kappa shape index (κ3) is 3.35. The Balaban J connectivity index is 2.38. The summed E-state index contributed by atoms with van der Waals surface area (Å²) in [6.07, 6.45) is 1.78. The molecule has 1 aliphatic heterocycles. The van der Waals surface area contributed by atoms with Crippen LogP contribution in [0.3, 0.4) is 0 Å². The second-order valence-corrected chi connectivity index (χ2v) is 7.27. The number of carbonyl (C=O) groups is 1. The molecule has 1 aliphatic rings. The highest BCUT2D eigenvalue weighted by atomic mass is 16.5. The number of aromatic nitrogens is 1. The number of carbonyl (C=O) groups excluding carboxylic acids is 1. The molecule has 3 unspecified atom stereocenters. The van der Waals surface area contributed by atoms with Crippen LogP contribution in [0, 0.1) is 24.2 Å². The van der Waals surface area contributed by atoms with E-state index >= 15 is 0 Å². The monoisotopic (exact) mass is 394 g/mol. The van der Waals surface area contributed by atoms with Gasteiger partial charge in [-0.15, -0.1) is 0 Å².